The third kappa shape index (κ3) is 4.93. The lowest BCUT2D eigenvalue weighted by atomic mass is 9.86. The normalized spacial score (nSPS) is 23.0. The first-order chi connectivity index (χ1) is 10.4. The van der Waals surface area contributed by atoms with E-state index in [2.05, 4.69) is 4.90 Å². The van der Waals surface area contributed by atoms with Gasteiger partial charge in [0.15, 0.2) is 0 Å². The minimum Gasteiger partial charge on any atom is -0.377 e. The zero-order valence-corrected chi connectivity index (χ0v) is 14.5. The molecule has 2 heterocycles. The van der Waals surface area contributed by atoms with Crippen molar-refractivity contribution in [2.75, 3.05) is 39.3 Å². The Morgan fingerprint density at radius 3 is 2.32 bits per heavy atom. The Bertz CT molecular complexity index is 353. The Morgan fingerprint density at radius 1 is 1.18 bits per heavy atom. The molecule has 2 rings (SSSR count). The van der Waals surface area contributed by atoms with Crippen LogP contribution in [0.4, 0.5) is 0 Å². The third-order valence-corrected chi connectivity index (χ3v) is 4.91. The third-order valence-electron chi connectivity index (χ3n) is 4.91. The average molecular weight is 311 g/mol. The second-order valence-electron chi connectivity index (χ2n) is 7.79. The van der Waals surface area contributed by atoms with Crippen LogP contribution >= 0.6 is 0 Å². The summed E-state index contributed by atoms with van der Waals surface area (Å²) in [5.74, 6) is 0.0861. The van der Waals surface area contributed by atoms with Gasteiger partial charge in [-0.2, -0.15) is 0 Å². The van der Waals surface area contributed by atoms with Crippen LogP contribution in [-0.2, 0) is 9.53 Å². The van der Waals surface area contributed by atoms with Crippen LogP contribution in [-0.4, -0.2) is 67.2 Å². The van der Waals surface area contributed by atoms with Crippen LogP contribution in [0.3, 0.4) is 0 Å². The van der Waals surface area contributed by atoms with Gasteiger partial charge in [-0.1, -0.05) is 20.8 Å². The van der Waals surface area contributed by atoms with Gasteiger partial charge in [0.25, 0.3) is 0 Å². The highest BCUT2D eigenvalue weighted by Gasteiger charge is 2.33. The zero-order chi connectivity index (χ0) is 16.2. The molecule has 2 saturated heterocycles. The standard InChI is InChI=1S/C17H33N3O2/c1-17(2,3)15(18)16(21)20-10-6-14(7-11-20)22-13-12-19-8-4-5-9-19/h14-15H,4-13,18H2,1-3H3/t15-/m1/s1. The summed E-state index contributed by atoms with van der Waals surface area (Å²) in [6.07, 6.45) is 4.83. The molecule has 0 spiro atoms. The summed E-state index contributed by atoms with van der Waals surface area (Å²) >= 11 is 0. The Balaban J connectivity index is 1.65. The molecule has 128 valence electrons. The molecule has 0 radical (unpaired) electrons. The summed E-state index contributed by atoms with van der Waals surface area (Å²) in [7, 11) is 0. The van der Waals surface area contributed by atoms with Gasteiger partial charge >= 0.3 is 0 Å². The van der Waals surface area contributed by atoms with Gasteiger partial charge in [0.1, 0.15) is 0 Å². The van der Waals surface area contributed by atoms with Crippen molar-refractivity contribution >= 4 is 5.91 Å². The van der Waals surface area contributed by atoms with Gasteiger partial charge in [-0.15, -0.1) is 0 Å². The van der Waals surface area contributed by atoms with E-state index >= 15 is 0 Å². The molecule has 2 aliphatic rings. The monoisotopic (exact) mass is 311 g/mol. The molecule has 1 amide bonds. The minimum absolute atomic E-state index is 0.0861. The molecule has 5 nitrogen and oxygen atoms in total. The van der Waals surface area contributed by atoms with Gasteiger partial charge in [-0.25, -0.2) is 0 Å². The van der Waals surface area contributed by atoms with Crippen LogP contribution in [0.2, 0.25) is 0 Å². The number of nitrogens with two attached hydrogens (primary N) is 1. The fourth-order valence-electron chi connectivity index (χ4n) is 3.16. The summed E-state index contributed by atoms with van der Waals surface area (Å²) in [6.45, 7) is 11.9. The molecule has 5 heteroatoms. The molecule has 0 aliphatic carbocycles. The predicted molar refractivity (Wildman–Crippen MR) is 88.7 cm³/mol. The van der Waals surface area contributed by atoms with Gasteiger partial charge in [-0.05, 0) is 44.2 Å². The Kier molecular flexibility index (Phi) is 6.24. The van der Waals surface area contributed by atoms with E-state index in [1.165, 1.54) is 25.9 Å². The lowest BCUT2D eigenvalue weighted by Gasteiger charge is -2.36. The van der Waals surface area contributed by atoms with Crippen LogP contribution < -0.4 is 5.73 Å². The number of amides is 1. The molecule has 22 heavy (non-hydrogen) atoms. The van der Waals surface area contributed by atoms with Crippen molar-refractivity contribution in [3.05, 3.63) is 0 Å². The quantitative estimate of drug-likeness (QED) is 0.835. The molecule has 2 N–H and O–H groups in total. The van der Waals surface area contributed by atoms with Gasteiger partial charge in [0.2, 0.25) is 5.91 Å². The molecule has 0 aromatic carbocycles. The number of nitrogens with zero attached hydrogens (tertiary/aromatic N) is 2. The number of piperidine rings is 1. The number of hydrogen-bond acceptors (Lipinski definition) is 4. The molecule has 2 fully saturated rings. The summed E-state index contributed by atoms with van der Waals surface area (Å²) in [5.41, 5.74) is 5.90. The predicted octanol–water partition coefficient (Wildman–Crippen LogP) is 1.46. The minimum atomic E-state index is -0.417. The van der Waals surface area contributed by atoms with Gasteiger partial charge in [-0.3, -0.25) is 4.79 Å². The molecule has 0 bridgehead atoms. The van der Waals surface area contributed by atoms with E-state index in [0.29, 0.717) is 6.10 Å². The lowest BCUT2D eigenvalue weighted by Crippen LogP contribution is -2.53. The number of ether oxygens (including phenoxy) is 1. The van der Waals surface area contributed by atoms with E-state index in [-0.39, 0.29) is 11.3 Å². The van der Waals surface area contributed by atoms with Crippen molar-refractivity contribution in [3.8, 4) is 0 Å². The summed E-state index contributed by atoms with van der Waals surface area (Å²) in [6, 6.07) is -0.417. The molecule has 0 unspecified atom stereocenters. The molecule has 0 aromatic rings. The highest BCUT2D eigenvalue weighted by Crippen LogP contribution is 2.21. The highest BCUT2D eigenvalue weighted by molar-refractivity contribution is 5.82. The van der Waals surface area contributed by atoms with Gasteiger partial charge in [0.05, 0.1) is 18.8 Å². The lowest BCUT2D eigenvalue weighted by molar-refractivity contribution is -0.137. The van der Waals surface area contributed by atoms with E-state index in [0.717, 1.165) is 39.1 Å². The zero-order valence-electron chi connectivity index (χ0n) is 14.5. The topological polar surface area (TPSA) is 58.8 Å². The highest BCUT2D eigenvalue weighted by atomic mass is 16.5. The number of likely N-dealkylation sites (tertiary alicyclic amines) is 2. The van der Waals surface area contributed by atoms with E-state index in [9.17, 15) is 4.79 Å². The van der Waals surface area contributed by atoms with Crippen molar-refractivity contribution in [2.45, 2.75) is 58.6 Å². The van der Waals surface area contributed by atoms with E-state index in [1.54, 1.807) is 0 Å². The first kappa shape index (κ1) is 17.7. The van der Waals surface area contributed by atoms with Crippen LogP contribution in [0.5, 0.6) is 0 Å². The Hall–Kier alpha value is -0.650. The smallest absolute Gasteiger partial charge is 0.240 e. The Labute approximate surface area is 135 Å². The second kappa shape index (κ2) is 7.75. The van der Waals surface area contributed by atoms with Crippen molar-refractivity contribution < 1.29 is 9.53 Å². The van der Waals surface area contributed by atoms with Gasteiger partial charge in [0, 0.05) is 19.6 Å². The van der Waals surface area contributed by atoms with E-state index in [1.807, 2.05) is 25.7 Å². The first-order valence-corrected chi connectivity index (χ1v) is 8.76. The maximum atomic E-state index is 12.4. The summed E-state index contributed by atoms with van der Waals surface area (Å²) in [4.78, 5) is 16.8. The molecule has 0 saturated carbocycles. The Morgan fingerprint density at radius 2 is 1.77 bits per heavy atom. The molecule has 2 aliphatic heterocycles. The van der Waals surface area contributed by atoms with Crippen LogP contribution in [0, 0.1) is 5.41 Å². The summed E-state index contributed by atoms with van der Waals surface area (Å²) in [5, 5.41) is 0. The molecule has 1 atom stereocenters. The molecular weight excluding hydrogens is 278 g/mol. The fourth-order valence-corrected chi connectivity index (χ4v) is 3.16. The number of hydrogen-bond donors (Lipinski definition) is 1. The molecular formula is C17H33N3O2. The number of rotatable bonds is 5. The maximum Gasteiger partial charge on any atom is 0.240 e. The van der Waals surface area contributed by atoms with Crippen molar-refractivity contribution in [1.82, 2.24) is 9.80 Å². The SMILES string of the molecule is CC(C)(C)[C@H](N)C(=O)N1CCC(OCCN2CCCC2)CC1. The van der Waals surface area contributed by atoms with Gasteiger partial charge < -0.3 is 20.3 Å². The summed E-state index contributed by atoms with van der Waals surface area (Å²) < 4.78 is 5.99. The van der Waals surface area contributed by atoms with E-state index < -0.39 is 6.04 Å². The average Bonchev–Trinajstić information content (AvgIpc) is 2.99. The number of carbonyl (C=O) groups excluding carboxylic acids is 1. The van der Waals surface area contributed by atoms with Crippen LogP contribution in [0.15, 0.2) is 0 Å². The second-order valence-corrected chi connectivity index (χ2v) is 7.79. The maximum absolute atomic E-state index is 12.4. The first-order valence-electron chi connectivity index (χ1n) is 8.76. The van der Waals surface area contributed by atoms with Crippen molar-refractivity contribution in [1.29, 1.82) is 0 Å². The van der Waals surface area contributed by atoms with Crippen molar-refractivity contribution in [3.63, 3.8) is 0 Å². The number of carbonyl (C=O) groups is 1. The fraction of sp³-hybridized carbons (Fsp3) is 0.941. The van der Waals surface area contributed by atoms with E-state index in [4.69, 9.17) is 10.5 Å². The van der Waals surface area contributed by atoms with Crippen LogP contribution in [0.25, 0.3) is 0 Å². The van der Waals surface area contributed by atoms with Crippen LogP contribution in [0.1, 0.15) is 46.5 Å². The largest absolute Gasteiger partial charge is 0.377 e. The van der Waals surface area contributed by atoms with Crippen molar-refractivity contribution in [2.24, 2.45) is 11.1 Å². The molecule has 0 aromatic heterocycles.